The van der Waals surface area contributed by atoms with Crippen molar-refractivity contribution in [3.05, 3.63) is 92.1 Å². The summed E-state index contributed by atoms with van der Waals surface area (Å²) in [6, 6.07) is 16.5. The molecule has 0 saturated heterocycles. The normalized spacial score (nSPS) is 13.2. The molecule has 0 fully saturated rings. The topological polar surface area (TPSA) is 99.2 Å². The third-order valence-electron chi connectivity index (χ3n) is 5.98. The van der Waals surface area contributed by atoms with Gasteiger partial charge in [0.2, 0.25) is 0 Å². The highest BCUT2D eigenvalue weighted by atomic mass is 32.2. The lowest BCUT2D eigenvalue weighted by atomic mass is 10.1. The molecule has 34 heavy (non-hydrogen) atoms. The molecule has 0 atom stereocenters. The van der Waals surface area contributed by atoms with Gasteiger partial charge in [0, 0.05) is 20.6 Å². The van der Waals surface area contributed by atoms with E-state index in [1.54, 1.807) is 35.9 Å². The molecule has 9 nitrogen and oxygen atoms in total. The standard InChI is InChI=1S/C24H21N5O4S/c1-26-19-18(22(32)27(2)24(26)33)28(13-12-15-8-4-3-5-9-15)23(25-19)34-14-29-20(30)16-10-6-7-11-17(16)21(29)31/h3-11H,12-14H2,1-2H3. The number of hydrogen-bond donors (Lipinski definition) is 0. The van der Waals surface area contributed by atoms with Crippen molar-refractivity contribution in [2.75, 3.05) is 5.88 Å². The molecular formula is C24H21N5O4S. The number of hydrogen-bond acceptors (Lipinski definition) is 6. The predicted molar refractivity (Wildman–Crippen MR) is 128 cm³/mol. The van der Waals surface area contributed by atoms with Crippen molar-refractivity contribution in [3.63, 3.8) is 0 Å². The van der Waals surface area contributed by atoms with Gasteiger partial charge in [-0.2, -0.15) is 0 Å². The Morgan fingerprint density at radius 3 is 2.09 bits per heavy atom. The number of imidazole rings is 1. The molecule has 0 bridgehead atoms. The highest BCUT2D eigenvalue weighted by molar-refractivity contribution is 7.99. The van der Waals surface area contributed by atoms with Crippen LogP contribution in [0.15, 0.2) is 69.3 Å². The Labute approximate surface area is 198 Å². The van der Waals surface area contributed by atoms with Crippen LogP contribution in [0, 0.1) is 0 Å². The molecule has 2 aromatic carbocycles. The van der Waals surface area contributed by atoms with E-state index >= 15 is 0 Å². The summed E-state index contributed by atoms with van der Waals surface area (Å²) >= 11 is 1.19. The molecule has 10 heteroatoms. The number of aryl methyl sites for hydroxylation is 3. The maximum Gasteiger partial charge on any atom is 0.332 e. The summed E-state index contributed by atoms with van der Waals surface area (Å²) in [6.07, 6.45) is 0.638. The zero-order valence-electron chi connectivity index (χ0n) is 18.6. The first-order valence-corrected chi connectivity index (χ1v) is 11.6. The molecule has 0 saturated carbocycles. The molecule has 1 aliphatic heterocycles. The summed E-state index contributed by atoms with van der Waals surface area (Å²) in [4.78, 5) is 56.7. The van der Waals surface area contributed by atoms with E-state index in [1.165, 1.54) is 28.3 Å². The third kappa shape index (κ3) is 3.47. The molecule has 0 radical (unpaired) electrons. The summed E-state index contributed by atoms with van der Waals surface area (Å²) < 4.78 is 4.16. The summed E-state index contributed by atoms with van der Waals surface area (Å²) in [5.74, 6) is -0.679. The number of carbonyl (C=O) groups excluding carboxylic acids is 2. The van der Waals surface area contributed by atoms with Gasteiger partial charge in [-0.05, 0) is 24.1 Å². The van der Waals surface area contributed by atoms with Crippen LogP contribution in [0.4, 0.5) is 0 Å². The number of aromatic nitrogens is 4. The molecule has 1 aliphatic rings. The SMILES string of the molecule is Cn1c(=O)c2c(nc(SCN3C(=O)c4ccccc4C3=O)n2CCc2ccccc2)n(C)c1=O. The average Bonchev–Trinajstić information content (AvgIpc) is 3.34. The lowest BCUT2D eigenvalue weighted by molar-refractivity contribution is 0.0684. The van der Waals surface area contributed by atoms with E-state index in [0.29, 0.717) is 34.8 Å². The number of carbonyl (C=O) groups is 2. The second-order valence-electron chi connectivity index (χ2n) is 8.02. The van der Waals surface area contributed by atoms with Crippen LogP contribution in [-0.2, 0) is 27.1 Å². The van der Waals surface area contributed by atoms with Crippen molar-refractivity contribution in [2.24, 2.45) is 14.1 Å². The smallest absolute Gasteiger partial charge is 0.313 e. The number of thioether (sulfide) groups is 1. The van der Waals surface area contributed by atoms with Gasteiger partial charge in [-0.25, -0.2) is 9.78 Å². The van der Waals surface area contributed by atoms with Gasteiger partial charge in [-0.3, -0.25) is 28.4 Å². The van der Waals surface area contributed by atoms with Crippen LogP contribution in [0.1, 0.15) is 26.3 Å². The lowest BCUT2D eigenvalue weighted by Crippen LogP contribution is -2.37. The van der Waals surface area contributed by atoms with Gasteiger partial charge in [-0.15, -0.1) is 0 Å². The number of nitrogens with zero attached hydrogens (tertiary/aromatic N) is 5. The number of amides is 2. The summed E-state index contributed by atoms with van der Waals surface area (Å²) in [5, 5.41) is 0.459. The van der Waals surface area contributed by atoms with Crippen LogP contribution in [0.2, 0.25) is 0 Å². The second-order valence-corrected chi connectivity index (χ2v) is 8.93. The molecule has 0 N–H and O–H groups in total. The van der Waals surface area contributed by atoms with Gasteiger partial charge < -0.3 is 4.57 Å². The van der Waals surface area contributed by atoms with Crippen molar-refractivity contribution < 1.29 is 9.59 Å². The quantitative estimate of drug-likeness (QED) is 0.313. The Balaban J connectivity index is 1.52. The monoisotopic (exact) mass is 475 g/mol. The Morgan fingerprint density at radius 1 is 0.824 bits per heavy atom. The molecular weight excluding hydrogens is 454 g/mol. The van der Waals surface area contributed by atoms with E-state index in [4.69, 9.17) is 0 Å². The fraction of sp³-hybridized carbons (Fsp3) is 0.208. The van der Waals surface area contributed by atoms with Crippen LogP contribution >= 0.6 is 11.8 Å². The molecule has 0 unspecified atom stereocenters. The van der Waals surface area contributed by atoms with E-state index in [-0.39, 0.29) is 23.3 Å². The molecule has 0 aliphatic carbocycles. The van der Waals surface area contributed by atoms with Crippen molar-refractivity contribution in [1.29, 1.82) is 0 Å². The largest absolute Gasteiger partial charge is 0.332 e. The van der Waals surface area contributed by atoms with Crippen molar-refractivity contribution >= 4 is 34.7 Å². The Morgan fingerprint density at radius 2 is 1.44 bits per heavy atom. The van der Waals surface area contributed by atoms with E-state index in [2.05, 4.69) is 4.98 Å². The Kier molecular flexibility index (Phi) is 5.45. The van der Waals surface area contributed by atoms with Crippen molar-refractivity contribution in [3.8, 4) is 0 Å². The van der Waals surface area contributed by atoms with Crippen LogP contribution in [-0.4, -0.2) is 41.3 Å². The van der Waals surface area contributed by atoms with E-state index in [0.717, 1.165) is 10.1 Å². The summed E-state index contributed by atoms with van der Waals surface area (Å²) in [6.45, 7) is 0.443. The molecule has 2 amide bonds. The predicted octanol–water partition coefficient (Wildman–Crippen LogP) is 2.02. The minimum atomic E-state index is -0.470. The number of rotatable bonds is 6. The minimum absolute atomic E-state index is 0.0370. The highest BCUT2D eigenvalue weighted by Crippen LogP contribution is 2.28. The number of fused-ring (bicyclic) bond motifs is 2. The van der Waals surface area contributed by atoms with Crippen LogP contribution in [0.3, 0.4) is 0 Å². The van der Waals surface area contributed by atoms with E-state index < -0.39 is 11.2 Å². The summed E-state index contributed by atoms with van der Waals surface area (Å²) in [7, 11) is 3.00. The van der Waals surface area contributed by atoms with Gasteiger partial charge in [0.25, 0.3) is 17.4 Å². The number of imide groups is 1. The fourth-order valence-electron chi connectivity index (χ4n) is 4.11. The van der Waals surface area contributed by atoms with Gasteiger partial charge in [-0.1, -0.05) is 54.2 Å². The van der Waals surface area contributed by atoms with E-state index in [1.807, 2.05) is 30.3 Å². The Hall–Kier alpha value is -3.92. The molecule has 0 spiro atoms. The van der Waals surface area contributed by atoms with E-state index in [9.17, 15) is 19.2 Å². The maximum absolute atomic E-state index is 13.0. The van der Waals surface area contributed by atoms with Crippen molar-refractivity contribution in [2.45, 2.75) is 18.1 Å². The molecule has 3 heterocycles. The molecule has 4 aromatic rings. The van der Waals surface area contributed by atoms with Gasteiger partial charge >= 0.3 is 5.69 Å². The molecule has 5 rings (SSSR count). The van der Waals surface area contributed by atoms with Crippen LogP contribution in [0.5, 0.6) is 0 Å². The first kappa shape index (κ1) is 21.9. The number of benzene rings is 2. The minimum Gasteiger partial charge on any atom is -0.313 e. The first-order valence-electron chi connectivity index (χ1n) is 10.7. The molecule has 172 valence electrons. The average molecular weight is 476 g/mol. The second kappa shape index (κ2) is 8.45. The zero-order valence-corrected chi connectivity index (χ0v) is 19.4. The van der Waals surface area contributed by atoms with Gasteiger partial charge in [0.1, 0.15) is 0 Å². The lowest BCUT2D eigenvalue weighted by Gasteiger charge is -2.14. The van der Waals surface area contributed by atoms with Crippen molar-refractivity contribution in [1.82, 2.24) is 23.6 Å². The summed E-state index contributed by atoms with van der Waals surface area (Å²) in [5.41, 5.74) is 1.51. The third-order valence-corrected chi connectivity index (χ3v) is 6.94. The Bertz CT molecular complexity index is 1530. The van der Waals surface area contributed by atoms with Gasteiger partial charge in [0.15, 0.2) is 16.3 Å². The van der Waals surface area contributed by atoms with Crippen LogP contribution in [0.25, 0.3) is 11.2 Å². The fourth-order valence-corrected chi connectivity index (χ4v) is 5.08. The first-order chi connectivity index (χ1) is 16.4. The van der Waals surface area contributed by atoms with Gasteiger partial charge in [0.05, 0.1) is 17.0 Å². The molecule has 2 aromatic heterocycles. The highest BCUT2D eigenvalue weighted by Gasteiger charge is 2.35. The zero-order chi connectivity index (χ0) is 24.0. The maximum atomic E-state index is 13.0. The van der Waals surface area contributed by atoms with Crippen LogP contribution < -0.4 is 11.2 Å².